The number of carbonyl (C=O) groups is 2. The fourth-order valence-corrected chi connectivity index (χ4v) is 2.48. The van der Waals surface area contributed by atoms with Crippen LogP contribution in [0.5, 0.6) is 5.75 Å². The normalized spacial score (nSPS) is 10.1. The molecule has 0 aromatic heterocycles. The number of halogens is 1. The Morgan fingerprint density at radius 3 is 2.46 bits per heavy atom. The van der Waals surface area contributed by atoms with E-state index in [1.165, 1.54) is 18.2 Å². The number of anilines is 1. The number of esters is 1. The third kappa shape index (κ3) is 5.55. The summed E-state index contributed by atoms with van der Waals surface area (Å²) in [5.41, 5.74) is 0.960. The quantitative estimate of drug-likeness (QED) is 0.417. The average Bonchev–Trinajstić information content (AvgIpc) is 2.62. The minimum absolute atomic E-state index is 0.0263. The van der Waals surface area contributed by atoms with E-state index < -0.39 is 23.4 Å². The van der Waals surface area contributed by atoms with E-state index in [1.807, 2.05) is 0 Å². The first-order valence-corrected chi connectivity index (χ1v) is 8.20. The van der Waals surface area contributed by atoms with Crippen LogP contribution >= 0.6 is 15.9 Å². The van der Waals surface area contributed by atoms with E-state index in [0.717, 1.165) is 5.56 Å². The third-order valence-corrected chi connectivity index (χ3v) is 3.97. The lowest BCUT2D eigenvalue weighted by atomic mass is 10.1. The molecule has 0 atom stereocenters. The Labute approximate surface area is 157 Å². The molecule has 0 spiro atoms. The number of nitrogens with one attached hydrogen (secondary N) is 1. The Kier molecular flexibility index (Phi) is 6.67. The summed E-state index contributed by atoms with van der Waals surface area (Å²) < 4.78 is 10.3. The molecule has 136 valence electrons. The van der Waals surface area contributed by atoms with Crippen molar-refractivity contribution in [3.8, 4) is 5.75 Å². The molecule has 2 aromatic carbocycles. The fourth-order valence-electron chi connectivity index (χ4n) is 2.01. The number of nitrogens with zero attached hydrogens (tertiary/aromatic N) is 1. The van der Waals surface area contributed by atoms with E-state index in [-0.39, 0.29) is 12.1 Å². The minimum Gasteiger partial charge on any atom is -0.497 e. The summed E-state index contributed by atoms with van der Waals surface area (Å²) in [4.78, 5) is 33.8. The summed E-state index contributed by atoms with van der Waals surface area (Å²) in [6.45, 7) is -0.460. The van der Waals surface area contributed by atoms with Gasteiger partial charge in [0.2, 0.25) is 0 Å². The lowest BCUT2D eigenvalue weighted by Crippen LogP contribution is -2.21. The Bertz CT molecular complexity index is 823. The second kappa shape index (κ2) is 8.95. The summed E-state index contributed by atoms with van der Waals surface area (Å²) in [6, 6.07) is 10.8. The highest BCUT2D eigenvalue weighted by molar-refractivity contribution is 9.10. The average molecular weight is 423 g/mol. The van der Waals surface area contributed by atoms with Crippen molar-refractivity contribution in [1.29, 1.82) is 0 Å². The van der Waals surface area contributed by atoms with Crippen LogP contribution in [-0.2, 0) is 20.7 Å². The van der Waals surface area contributed by atoms with Gasteiger partial charge in [0, 0.05) is 16.6 Å². The van der Waals surface area contributed by atoms with Crippen molar-refractivity contribution in [3.05, 3.63) is 62.6 Å². The molecule has 1 amide bonds. The maximum atomic E-state index is 11.9. The highest BCUT2D eigenvalue weighted by atomic mass is 79.9. The van der Waals surface area contributed by atoms with E-state index in [4.69, 9.17) is 9.47 Å². The zero-order valence-electron chi connectivity index (χ0n) is 13.7. The molecule has 0 fully saturated rings. The summed E-state index contributed by atoms with van der Waals surface area (Å²) in [5.74, 6) is -0.425. The van der Waals surface area contributed by atoms with Gasteiger partial charge in [-0.3, -0.25) is 19.7 Å². The van der Waals surface area contributed by atoms with E-state index in [0.29, 0.717) is 15.9 Å². The van der Waals surface area contributed by atoms with Gasteiger partial charge in [-0.1, -0.05) is 12.1 Å². The first-order valence-electron chi connectivity index (χ1n) is 7.41. The van der Waals surface area contributed by atoms with Gasteiger partial charge in [-0.05, 0) is 39.7 Å². The number of amides is 1. The molecule has 0 unspecified atom stereocenters. The molecule has 2 rings (SSSR count). The number of rotatable bonds is 7. The van der Waals surface area contributed by atoms with Crippen LogP contribution in [-0.4, -0.2) is 30.5 Å². The minimum atomic E-state index is -0.553. The van der Waals surface area contributed by atoms with Gasteiger partial charge < -0.3 is 14.8 Å². The van der Waals surface area contributed by atoms with Crippen molar-refractivity contribution in [2.24, 2.45) is 0 Å². The number of carbonyl (C=O) groups excluding carboxylic acids is 2. The van der Waals surface area contributed by atoms with E-state index in [1.54, 1.807) is 31.4 Å². The highest BCUT2D eigenvalue weighted by Gasteiger charge is 2.13. The third-order valence-electron chi connectivity index (χ3n) is 3.31. The van der Waals surface area contributed by atoms with Crippen molar-refractivity contribution >= 4 is 39.2 Å². The SMILES string of the molecule is COc1ccc(CC(=O)OCC(=O)Nc2ccc([N+](=O)[O-])cc2Br)cc1. The van der Waals surface area contributed by atoms with Crippen molar-refractivity contribution < 1.29 is 24.0 Å². The van der Waals surface area contributed by atoms with Gasteiger partial charge in [0.05, 0.1) is 24.1 Å². The number of nitro groups is 1. The number of benzene rings is 2. The standard InChI is InChI=1S/C17H15BrN2O6/c1-25-13-5-2-11(3-6-13)8-17(22)26-10-16(21)19-15-7-4-12(20(23)24)9-14(15)18/h2-7,9H,8,10H2,1H3,(H,19,21). The van der Waals surface area contributed by atoms with Crippen LogP contribution in [0.3, 0.4) is 0 Å². The second-order valence-corrected chi connectivity index (χ2v) is 6.01. The van der Waals surface area contributed by atoms with Gasteiger partial charge in [0.25, 0.3) is 11.6 Å². The highest BCUT2D eigenvalue weighted by Crippen LogP contribution is 2.27. The van der Waals surface area contributed by atoms with Gasteiger partial charge in [0.1, 0.15) is 5.75 Å². The molecule has 0 saturated carbocycles. The molecular formula is C17H15BrN2O6. The van der Waals surface area contributed by atoms with Crippen LogP contribution in [0.2, 0.25) is 0 Å². The molecule has 0 bridgehead atoms. The smallest absolute Gasteiger partial charge is 0.310 e. The molecule has 0 aliphatic rings. The number of ether oxygens (including phenoxy) is 2. The van der Waals surface area contributed by atoms with Crippen LogP contribution in [0.4, 0.5) is 11.4 Å². The lowest BCUT2D eigenvalue weighted by Gasteiger charge is -2.08. The van der Waals surface area contributed by atoms with Gasteiger partial charge >= 0.3 is 5.97 Å². The van der Waals surface area contributed by atoms with Gasteiger partial charge in [-0.2, -0.15) is 0 Å². The molecule has 0 saturated heterocycles. The van der Waals surface area contributed by atoms with Crippen LogP contribution in [0.25, 0.3) is 0 Å². The first kappa shape index (κ1) is 19.4. The van der Waals surface area contributed by atoms with Crippen molar-refractivity contribution in [3.63, 3.8) is 0 Å². The van der Waals surface area contributed by atoms with Gasteiger partial charge in [-0.15, -0.1) is 0 Å². The van der Waals surface area contributed by atoms with E-state index >= 15 is 0 Å². The van der Waals surface area contributed by atoms with Crippen molar-refractivity contribution in [2.45, 2.75) is 6.42 Å². The summed E-state index contributed by atoms with van der Waals surface area (Å²) in [5, 5.41) is 13.2. The molecule has 0 aliphatic heterocycles. The molecule has 0 radical (unpaired) electrons. The number of hydrogen-bond donors (Lipinski definition) is 1. The van der Waals surface area contributed by atoms with Crippen LogP contribution in [0, 0.1) is 10.1 Å². The Morgan fingerprint density at radius 1 is 1.19 bits per heavy atom. The molecule has 2 aromatic rings. The first-order chi connectivity index (χ1) is 12.4. The summed E-state index contributed by atoms with van der Waals surface area (Å²) in [6.07, 6.45) is 0.0263. The molecule has 26 heavy (non-hydrogen) atoms. The maximum absolute atomic E-state index is 11.9. The Balaban J connectivity index is 1.84. The van der Waals surface area contributed by atoms with E-state index in [9.17, 15) is 19.7 Å². The number of nitro benzene ring substituents is 1. The topological polar surface area (TPSA) is 108 Å². The summed E-state index contributed by atoms with van der Waals surface area (Å²) in [7, 11) is 1.55. The lowest BCUT2D eigenvalue weighted by molar-refractivity contribution is -0.384. The Morgan fingerprint density at radius 2 is 1.88 bits per heavy atom. The predicted molar refractivity (Wildman–Crippen MR) is 97.1 cm³/mol. The van der Waals surface area contributed by atoms with Gasteiger partial charge in [0.15, 0.2) is 6.61 Å². The number of hydrogen-bond acceptors (Lipinski definition) is 6. The molecular weight excluding hydrogens is 408 g/mol. The van der Waals surface area contributed by atoms with Crippen molar-refractivity contribution in [2.75, 3.05) is 19.0 Å². The zero-order valence-corrected chi connectivity index (χ0v) is 15.3. The van der Waals surface area contributed by atoms with Crippen LogP contribution < -0.4 is 10.1 Å². The fraction of sp³-hybridized carbons (Fsp3) is 0.176. The van der Waals surface area contributed by atoms with Gasteiger partial charge in [-0.25, -0.2) is 0 Å². The predicted octanol–water partition coefficient (Wildman–Crippen LogP) is 3.09. The number of non-ortho nitro benzene ring substituents is 1. The Hall–Kier alpha value is -2.94. The largest absolute Gasteiger partial charge is 0.497 e. The van der Waals surface area contributed by atoms with E-state index in [2.05, 4.69) is 21.2 Å². The molecule has 8 nitrogen and oxygen atoms in total. The molecule has 0 aliphatic carbocycles. The zero-order chi connectivity index (χ0) is 19.1. The second-order valence-electron chi connectivity index (χ2n) is 5.15. The van der Waals surface area contributed by atoms with Crippen LogP contribution in [0.15, 0.2) is 46.9 Å². The molecule has 9 heteroatoms. The maximum Gasteiger partial charge on any atom is 0.310 e. The van der Waals surface area contributed by atoms with Crippen molar-refractivity contribution in [1.82, 2.24) is 0 Å². The summed E-state index contributed by atoms with van der Waals surface area (Å²) >= 11 is 3.14. The number of methoxy groups -OCH3 is 1. The van der Waals surface area contributed by atoms with Crippen LogP contribution in [0.1, 0.15) is 5.56 Å². The molecule has 0 heterocycles. The monoisotopic (exact) mass is 422 g/mol. The molecule has 1 N–H and O–H groups in total.